The Morgan fingerprint density at radius 1 is 0.868 bits per heavy atom. The Hall–Kier alpha value is -4.44. The van der Waals surface area contributed by atoms with Crippen LogP contribution in [-0.2, 0) is 17.6 Å². The van der Waals surface area contributed by atoms with Crippen molar-refractivity contribution in [1.29, 1.82) is 0 Å². The molecule has 5 aromatic rings. The maximum atomic E-state index is 13.3. The predicted octanol–water partition coefficient (Wildman–Crippen LogP) is 4.74. The zero-order valence-electron chi connectivity index (χ0n) is 20.1. The number of phenolic OH excluding ortho intramolecular Hbond substituents is 2. The molecule has 0 spiro atoms. The van der Waals surface area contributed by atoms with Crippen molar-refractivity contribution < 1.29 is 23.7 Å². The lowest BCUT2D eigenvalue weighted by molar-refractivity contribution is -0.122. The SMILES string of the molecule is O=C(NC(Cc1c[nH]c2ccc(O)cc12)C(=O)NCCc1c[nH]c2ccc(O)cc12)c1ccc(SF)cc1. The Bertz CT molecular complexity index is 1610. The first kappa shape index (κ1) is 25.2. The molecule has 0 saturated heterocycles. The van der Waals surface area contributed by atoms with Gasteiger partial charge in [-0.1, -0.05) is 0 Å². The van der Waals surface area contributed by atoms with Crippen molar-refractivity contribution in [1.82, 2.24) is 20.6 Å². The number of H-pyrrole nitrogens is 2. The van der Waals surface area contributed by atoms with Crippen molar-refractivity contribution in [3.05, 3.63) is 89.7 Å². The number of benzene rings is 3. The molecule has 0 bridgehead atoms. The van der Waals surface area contributed by atoms with Gasteiger partial charge in [-0.25, -0.2) is 0 Å². The molecule has 0 aliphatic heterocycles. The number of fused-ring (bicyclic) bond motifs is 2. The maximum absolute atomic E-state index is 13.3. The van der Waals surface area contributed by atoms with Gasteiger partial charge < -0.3 is 30.8 Å². The lowest BCUT2D eigenvalue weighted by Crippen LogP contribution is -2.48. The number of hydrogen-bond acceptors (Lipinski definition) is 5. The van der Waals surface area contributed by atoms with Crippen molar-refractivity contribution in [3.63, 3.8) is 0 Å². The van der Waals surface area contributed by atoms with E-state index in [1.165, 1.54) is 24.3 Å². The maximum Gasteiger partial charge on any atom is 0.251 e. The molecule has 2 amide bonds. The molecule has 0 aliphatic rings. The highest BCUT2D eigenvalue weighted by Gasteiger charge is 2.23. The molecule has 5 rings (SSSR count). The van der Waals surface area contributed by atoms with Crippen molar-refractivity contribution in [2.45, 2.75) is 23.8 Å². The Kier molecular flexibility index (Phi) is 7.23. The van der Waals surface area contributed by atoms with E-state index in [1.54, 1.807) is 42.6 Å². The Morgan fingerprint density at radius 3 is 2.11 bits per heavy atom. The van der Waals surface area contributed by atoms with Gasteiger partial charge in [0.1, 0.15) is 17.5 Å². The molecular formula is C28H25FN4O4S. The third kappa shape index (κ3) is 5.45. The largest absolute Gasteiger partial charge is 0.508 e. The summed E-state index contributed by atoms with van der Waals surface area (Å²) in [4.78, 5) is 32.9. The molecule has 6 N–H and O–H groups in total. The van der Waals surface area contributed by atoms with E-state index in [4.69, 9.17) is 0 Å². The van der Waals surface area contributed by atoms with Crippen LogP contribution in [0.1, 0.15) is 21.5 Å². The van der Waals surface area contributed by atoms with Gasteiger partial charge in [-0.05, 0) is 78.2 Å². The number of carbonyl (C=O) groups is 2. The van der Waals surface area contributed by atoms with Gasteiger partial charge in [0.25, 0.3) is 5.91 Å². The minimum atomic E-state index is -0.911. The number of aromatic amines is 2. The van der Waals surface area contributed by atoms with Gasteiger partial charge >= 0.3 is 0 Å². The predicted molar refractivity (Wildman–Crippen MR) is 145 cm³/mol. The number of aromatic hydroxyl groups is 2. The molecule has 1 atom stereocenters. The molecule has 1 unspecified atom stereocenters. The van der Waals surface area contributed by atoms with Gasteiger partial charge in [-0.2, -0.15) is 3.89 Å². The summed E-state index contributed by atoms with van der Waals surface area (Å²) in [6, 6.07) is 15.1. The second-order valence-corrected chi connectivity index (χ2v) is 9.59. The van der Waals surface area contributed by atoms with Gasteiger partial charge in [0, 0.05) is 57.6 Å². The number of halogens is 1. The normalized spacial score (nSPS) is 12.0. The first-order valence-corrected chi connectivity index (χ1v) is 12.7. The number of amides is 2. The molecular weight excluding hydrogens is 507 g/mol. The van der Waals surface area contributed by atoms with Gasteiger partial charge in [-0.15, -0.1) is 0 Å². The van der Waals surface area contributed by atoms with Gasteiger partial charge in [-0.3, -0.25) is 9.59 Å². The van der Waals surface area contributed by atoms with E-state index in [2.05, 4.69) is 20.6 Å². The molecule has 0 radical (unpaired) electrons. The van der Waals surface area contributed by atoms with Gasteiger partial charge in [0.15, 0.2) is 0 Å². The fourth-order valence-corrected chi connectivity index (χ4v) is 4.72. The number of hydrogen-bond donors (Lipinski definition) is 6. The van der Waals surface area contributed by atoms with Crippen LogP contribution in [0.25, 0.3) is 21.8 Å². The van der Waals surface area contributed by atoms with Crippen LogP contribution in [0.4, 0.5) is 3.89 Å². The summed E-state index contributed by atoms with van der Waals surface area (Å²) in [5.41, 5.74) is 3.68. The van der Waals surface area contributed by atoms with Gasteiger partial charge in [0.05, 0.1) is 12.1 Å². The van der Waals surface area contributed by atoms with E-state index in [9.17, 15) is 23.7 Å². The molecule has 3 aromatic carbocycles. The monoisotopic (exact) mass is 532 g/mol. The van der Waals surface area contributed by atoms with Crippen LogP contribution >= 0.6 is 12.1 Å². The molecule has 0 saturated carbocycles. The summed E-state index contributed by atoms with van der Waals surface area (Å²) in [5.74, 6) is -0.575. The molecule has 0 aliphatic carbocycles. The molecule has 0 fully saturated rings. The second-order valence-electron chi connectivity index (χ2n) is 8.96. The van der Waals surface area contributed by atoms with Crippen molar-refractivity contribution in [3.8, 4) is 11.5 Å². The second kappa shape index (κ2) is 10.9. The van der Waals surface area contributed by atoms with E-state index >= 15 is 0 Å². The fourth-order valence-electron chi connectivity index (χ4n) is 4.48. The Labute approximate surface area is 221 Å². The van der Waals surface area contributed by atoms with Crippen molar-refractivity contribution in [2.75, 3.05) is 6.54 Å². The van der Waals surface area contributed by atoms with Crippen LogP contribution in [0, 0.1) is 0 Å². The molecule has 38 heavy (non-hydrogen) atoms. The Morgan fingerprint density at radius 2 is 1.47 bits per heavy atom. The van der Waals surface area contributed by atoms with E-state index in [1.807, 2.05) is 6.20 Å². The highest BCUT2D eigenvalue weighted by Crippen LogP contribution is 2.25. The number of nitrogens with one attached hydrogen (secondary N) is 4. The number of phenols is 2. The molecule has 8 nitrogen and oxygen atoms in total. The first-order valence-electron chi connectivity index (χ1n) is 12.0. The Balaban J connectivity index is 1.33. The zero-order chi connectivity index (χ0) is 26.6. The quantitative estimate of drug-likeness (QED) is 0.163. The minimum absolute atomic E-state index is 0.0864. The third-order valence-corrected chi connectivity index (χ3v) is 6.90. The van der Waals surface area contributed by atoms with E-state index in [-0.39, 0.29) is 36.0 Å². The summed E-state index contributed by atoms with van der Waals surface area (Å²) in [7, 11) is 0. The summed E-state index contributed by atoms with van der Waals surface area (Å²) >= 11 is 0.0864. The summed E-state index contributed by atoms with van der Waals surface area (Å²) < 4.78 is 12.8. The van der Waals surface area contributed by atoms with Crippen molar-refractivity contribution >= 4 is 45.8 Å². The van der Waals surface area contributed by atoms with Crippen LogP contribution in [0.2, 0.25) is 0 Å². The first-order chi connectivity index (χ1) is 18.4. The summed E-state index contributed by atoms with van der Waals surface area (Å²) in [6.45, 7) is 0.310. The van der Waals surface area contributed by atoms with E-state index in [0.29, 0.717) is 23.4 Å². The topological polar surface area (TPSA) is 130 Å². The molecule has 2 aromatic heterocycles. The minimum Gasteiger partial charge on any atom is -0.508 e. The number of carbonyl (C=O) groups excluding carboxylic acids is 2. The van der Waals surface area contributed by atoms with E-state index < -0.39 is 11.9 Å². The molecule has 2 heterocycles. The van der Waals surface area contributed by atoms with Gasteiger partial charge in [0.2, 0.25) is 5.91 Å². The zero-order valence-corrected chi connectivity index (χ0v) is 20.9. The van der Waals surface area contributed by atoms with Crippen molar-refractivity contribution in [2.24, 2.45) is 0 Å². The number of aromatic nitrogens is 2. The van der Waals surface area contributed by atoms with Crippen LogP contribution in [0.15, 0.2) is 78.0 Å². The average molecular weight is 533 g/mol. The average Bonchev–Trinajstić information content (AvgIpc) is 3.51. The smallest absolute Gasteiger partial charge is 0.251 e. The number of rotatable bonds is 9. The van der Waals surface area contributed by atoms with Crippen LogP contribution in [-0.4, -0.2) is 44.6 Å². The third-order valence-electron chi connectivity index (χ3n) is 6.45. The van der Waals surface area contributed by atoms with Crippen LogP contribution in [0.5, 0.6) is 11.5 Å². The highest BCUT2D eigenvalue weighted by atomic mass is 32.2. The van der Waals surface area contributed by atoms with Crippen LogP contribution < -0.4 is 10.6 Å². The summed E-state index contributed by atoms with van der Waals surface area (Å²) in [5, 5.41) is 27.1. The standard InChI is InChI=1S/C28H25FN4O4S/c29-38-21-5-1-16(2-6-21)27(36)33-26(11-18-15-32-25-8-4-20(35)13-23(18)25)28(37)30-10-9-17-14-31-24-7-3-19(34)12-22(17)24/h1-8,12-15,26,31-32,34-35H,9-11H2,(H,30,37)(H,33,36). The van der Waals surface area contributed by atoms with E-state index in [0.717, 1.165) is 32.9 Å². The lowest BCUT2D eigenvalue weighted by Gasteiger charge is -2.19. The highest BCUT2D eigenvalue weighted by molar-refractivity contribution is 7.94. The lowest BCUT2D eigenvalue weighted by atomic mass is 10.0. The molecule has 10 heteroatoms. The molecule has 194 valence electrons. The van der Waals surface area contributed by atoms with Crippen LogP contribution in [0.3, 0.4) is 0 Å². The fraction of sp³-hybridized carbons (Fsp3) is 0.143. The summed E-state index contributed by atoms with van der Waals surface area (Å²) in [6.07, 6.45) is 4.29.